The zero-order valence-electron chi connectivity index (χ0n) is 8.47. The lowest BCUT2D eigenvalue weighted by molar-refractivity contribution is -0.122. The number of hydrogen-bond acceptors (Lipinski definition) is 4. The third-order valence-corrected chi connectivity index (χ3v) is 2.93. The van der Waals surface area contributed by atoms with Crippen LogP contribution in [0, 0.1) is 5.92 Å². The van der Waals surface area contributed by atoms with Crippen molar-refractivity contribution in [3.8, 4) is 0 Å². The molecule has 1 amide bonds. The summed E-state index contributed by atoms with van der Waals surface area (Å²) in [6.45, 7) is 3.23. The molecule has 0 fully saturated rings. The lowest BCUT2D eigenvalue weighted by Crippen LogP contribution is -2.34. The van der Waals surface area contributed by atoms with Gasteiger partial charge in [-0.2, -0.15) is 8.42 Å². The summed E-state index contributed by atoms with van der Waals surface area (Å²) < 4.78 is 25.0. The molecule has 0 aliphatic carbocycles. The number of amides is 1. The molecule has 5 nitrogen and oxygen atoms in total. The molecule has 6 heteroatoms. The summed E-state index contributed by atoms with van der Waals surface area (Å²) >= 11 is 0. The van der Waals surface area contributed by atoms with Crippen molar-refractivity contribution < 1.29 is 13.2 Å². The lowest BCUT2D eigenvalue weighted by atomic mass is 10.2. The van der Waals surface area contributed by atoms with Crippen LogP contribution in [0.4, 0.5) is 0 Å². The molecular formula is C9H12N2O3S. The molecule has 1 heterocycles. The van der Waals surface area contributed by atoms with E-state index in [0.29, 0.717) is 0 Å². The topological polar surface area (TPSA) is 76.1 Å². The van der Waals surface area contributed by atoms with Crippen LogP contribution >= 0.6 is 0 Å². The zero-order valence-corrected chi connectivity index (χ0v) is 9.28. The summed E-state index contributed by atoms with van der Waals surface area (Å²) in [5.74, 6) is -0.927. The number of hydrogen-bond donors (Lipinski definition) is 1. The molecule has 0 aliphatic heterocycles. The van der Waals surface area contributed by atoms with Crippen LogP contribution in [0.1, 0.15) is 13.8 Å². The van der Waals surface area contributed by atoms with Crippen LogP contribution in [-0.2, 0) is 14.8 Å². The van der Waals surface area contributed by atoms with Crippen molar-refractivity contribution in [2.45, 2.75) is 18.9 Å². The van der Waals surface area contributed by atoms with Gasteiger partial charge in [-0.3, -0.25) is 4.79 Å². The van der Waals surface area contributed by atoms with Gasteiger partial charge in [0.2, 0.25) is 5.91 Å². The van der Waals surface area contributed by atoms with E-state index >= 15 is 0 Å². The Balaban J connectivity index is 2.91. The number of nitrogens with one attached hydrogen (secondary N) is 1. The maximum atomic E-state index is 11.6. The van der Waals surface area contributed by atoms with Gasteiger partial charge in [-0.15, -0.1) is 0 Å². The molecule has 0 unspecified atom stereocenters. The van der Waals surface area contributed by atoms with Gasteiger partial charge in [0.1, 0.15) is 0 Å². The molecule has 0 atom stereocenters. The average molecular weight is 228 g/mol. The molecule has 82 valence electrons. The van der Waals surface area contributed by atoms with Gasteiger partial charge < -0.3 is 0 Å². The third-order valence-electron chi connectivity index (χ3n) is 1.67. The molecule has 0 aromatic carbocycles. The Hall–Kier alpha value is -1.43. The normalized spacial score (nSPS) is 11.4. The fourth-order valence-corrected chi connectivity index (χ4v) is 1.87. The quantitative estimate of drug-likeness (QED) is 0.819. The van der Waals surface area contributed by atoms with Crippen molar-refractivity contribution in [1.29, 1.82) is 0 Å². The summed E-state index contributed by atoms with van der Waals surface area (Å²) in [5, 5.41) is -0.154. The molecule has 0 bridgehead atoms. The molecule has 1 N–H and O–H groups in total. The Bertz CT molecular complexity index is 440. The van der Waals surface area contributed by atoms with Crippen LogP contribution in [0.3, 0.4) is 0 Å². The minimum Gasteiger partial charge on any atom is -0.274 e. The lowest BCUT2D eigenvalue weighted by Gasteiger charge is -2.07. The highest BCUT2D eigenvalue weighted by atomic mass is 32.2. The van der Waals surface area contributed by atoms with E-state index in [-0.39, 0.29) is 10.9 Å². The van der Waals surface area contributed by atoms with E-state index in [1.54, 1.807) is 26.0 Å². The van der Waals surface area contributed by atoms with Crippen molar-refractivity contribution in [2.75, 3.05) is 0 Å². The molecule has 15 heavy (non-hydrogen) atoms. The first-order valence-corrected chi connectivity index (χ1v) is 5.89. The van der Waals surface area contributed by atoms with Crippen LogP contribution in [-0.4, -0.2) is 19.3 Å². The Morgan fingerprint density at radius 3 is 2.53 bits per heavy atom. The van der Waals surface area contributed by atoms with Gasteiger partial charge in [0.25, 0.3) is 10.0 Å². The maximum absolute atomic E-state index is 11.6. The number of rotatable bonds is 3. The van der Waals surface area contributed by atoms with E-state index in [9.17, 15) is 13.2 Å². The molecule has 0 spiro atoms. The minimum absolute atomic E-state index is 0.154. The molecule has 1 aromatic heterocycles. The van der Waals surface area contributed by atoms with E-state index in [0.717, 1.165) is 0 Å². The fraction of sp³-hybridized carbons (Fsp3) is 0.333. The molecule has 0 saturated heterocycles. The highest BCUT2D eigenvalue weighted by Gasteiger charge is 2.19. The first-order valence-electron chi connectivity index (χ1n) is 4.41. The van der Waals surface area contributed by atoms with E-state index in [4.69, 9.17) is 0 Å². The number of pyridine rings is 1. The summed E-state index contributed by atoms with van der Waals surface area (Å²) in [5.41, 5.74) is 0. The van der Waals surface area contributed by atoms with Crippen molar-refractivity contribution >= 4 is 15.9 Å². The second kappa shape index (κ2) is 4.39. The predicted octanol–water partition coefficient (Wildman–Crippen LogP) is 0.542. The van der Waals surface area contributed by atoms with Crippen LogP contribution in [0.5, 0.6) is 0 Å². The van der Waals surface area contributed by atoms with Crippen LogP contribution in [0.15, 0.2) is 29.4 Å². The SMILES string of the molecule is CC(C)C(=O)NS(=O)(=O)c1ccccn1. The van der Waals surface area contributed by atoms with Crippen molar-refractivity contribution in [3.63, 3.8) is 0 Å². The van der Waals surface area contributed by atoms with E-state index in [2.05, 4.69) is 4.98 Å². The molecule has 1 rings (SSSR count). The summed E-state index contributed by atoms with van der Waals surface area (Å²) in [7, 11) is -3.82. The second-order valence-electron chi connectivity index (χ2n) is 3.29. The number of sulfonamides is 1. The smallest absolute Gasteiger partial charge is 0.274 e. The summed E-state index contributed by atoms with van der Waals surface area (Å²) in [4.78, 5) is 14.9. The van der Waals surface area contributed by atoms with Gasteiger partial charge in [-0.05, 0) is 12.1 Å². The Labute approximate surface area is 88.6 Å². The zero-order chi connectivity index (χ0) is 11.5. The molecule has 0 saturated carbocycles. The van der Waals surface area contributed by atoms with Crippen LogP contribution in [0.25, 0.3) is 0 Å². The largest absolute Gasteiger partial charge is 0.281 e. The fourth-order valence-electron chi connectivity index (χ4n) is 0.809. The van der Waals surface area contributed by atoms with Crippen molar-refractivity contribution in [2.24, 2.45) is 5.92 Å². The van der Waals surface area contributed by atoms with Crippen molar-refractivity contribution in [3.05, 3.63) is 24.4 Å². The number of nitrogens with zero attached hydrogens (tertiary/aromatic N) is 1. The summed E-state index contributed by atoms with van der Waals surface area (Å²) in [6, 6.07) is 4.47. The van der Waals surface area contributed by atoms with Gasteiger partial charge in [0.05, 0.1) is 0 Å². The third kappa shape index (κ3) is 3.02. The number of carbonyl (C=O) groups excluding carboxylic acids is 1. The van der Waals surface area contributed by atoms with Crippen molar-refractivity contribution in [1.82, 2.24) is 9.71 Å². The van der Waals surface area contributed by atoms with Gasteiger partial charge in [-0.25, -0.2) is 9.71 Å². The van der Waals surface area contributed by atoms with Crippen LogP contribution in [0.2, 0.25) is 0 Å². The Kier molecular flexibility index (Phi) is 3.41. The molecule has 0 aliphatic rings. The average Bonchev–Trinajstić information content (AvgIpc) is 2.18. The number of carbonyl (C=O) groups is 1. The van der Waals surface area contributed by atoms with E-state index in [1.807, 2.05) is 4.72 Å². The molecule has 0 radical (unpaired) electrons. The standard InChI is InChI=1S/C9H12N2O3S/c1-7(2)9(12)11-15(13,14)8-5-3-4-6-10-8/h3-7H,1-2H3,(H,11,12). The van der Waals surface area contributed by atoms with Gasteiger partial charge in [0.15, 0.2) is 5.03 Å². The second-order valence-corrected chi connectivity index (χ2v) is 4.92. The monoisotopic (exact) mass is 228 g/mol. The first kappa shape index (κ1) is 11.6. The summed E-state index contributed by atoms with van der Waals surface area (Å²) in [6.07, 6.45) is 1.36. The molecule has 1 aromatic rings. The van der Waals surface area contributed by atoms with Gasteiger partial charge in [0, 0.05) is 12.1 Å². The van der Waals surface area contributed by atoms with E-state index in [1.165, 1.54) is 12.3 Å². The predicted molar refractivity (Wildman–Crippen MR) is 54.4 cm³/mol. The van der Waals surface area contributed by atoms with Gasteiger partial charge in [-0.1, -0.05) is 19.9 Å². The highest BCUT2D eigenvalue weighted by Crippen LogP contribution is 2.04. The molecular weight excluding hydrogens is 216 g/mol. The Morgan fingerprint density at radius 1 is 1.40 bits per heavy atom. The van der Waals surface area contributed by atoms with Crippen LogP contribution < -0.4 is 4.72 Å². The first-order chi connectivity index (χ1) is 6.93. The maximum Gasteiger partial charge on any atom is 0.281 e. The highest BCUT2D eigenvalue weighted by molar-refractivity contribution is 7.90. The van der Waals surface area contributed by atoms with Gasteiger partial charge >= 0.3 is 0 Å². The number of aromatic nitrogens is 1. The Morgan fingerprint density at radius 2 is 2.07 bits per heavy atom. The van der Waals surface area contributed by atoms with E-state index < -0.39 is 15.9 Å². The minimum atomic E-state index is -3.82.